The van der Waals surface area contributed by atoms with E-state index in [1.807, 2.05) is 38.1 Å². The fourth-order valence-electron chi connectivity index (χ4n) is 4.35. The molecule has 1 aliphatic rings. The van der Waals surface area contributed by atoms with Gasteiger partial charge in [0.2, 0.25) is 11.8 Å². The molecule has 6 heteroatoms. The molecule has 0 bridgehead atoms. The molecular formula is C27H35FN2O2S. The maximum atomic E-state index is 13.4. The van der Waals surface area contributed by atoms with E-state index in [0.29, 0.717) is 18.7 Å². The first-order valence-electron chi connectivity index (χ1n) is 11.9. The number of benzene rings is 2. The number of amides is 2. The van der Waals surface area contributed by atoms with E-state index in [0.717, 1.165) is 42.4 Å². The average Bonchev–Trinajstić information content (AvgIpc) is 2.82. The Hall–Kier alpha value is -2.34. The summed E-state index contributed by atoms with van der Waals surface area (Å²) >= 11 is 1.49. The van der Waals surface area contributed by atoms with Gasteiger partial charge in [0.05, 0.1) is 5.75 Å². The second-order valence-corrected chi connectivity index (χ2v) is 9.82. The molecule has 0 aliphatic heterocycles. The molecule has 2 aromatic rings. The standard InChI is InChI=1S/C27H35FN2O2S/c1-3-25(27(32)29-24-11-5-4-6-12-24)30(17-22-10-8-7-9-20(22)2)26(31)19-33-18-21-13-15-23(28)16-14-21/h7-10,13-16,24-25H,3-6,11-12,17-19H2,1-2H3,(H,29,32). The topological polar surface area (TPSA) is 49.4 Å². The first-order valence-corrected chi connectivity index (χ1v) is 13.1. The van der Waals surface area contributed by atoms with E-state index in [4.69, 9.17) is 0 Å². The largest absolute Gasteiger partial charge is 0.352 e. The third kappa shape index (κ3) is 7.60. The molecule has 0 heterocycles. The highest BCUT2D eigenvalue weighted by Crippen LogP contribution is 2.21. The normalized spacial score (nSPS) is 15.1. The number of thioether (sulfide) groups is 1. The number of hydrogen-bond acceptors (Lipinski definition) is 3. The molecule has 1 aliphatic carbocycles. The highest BCUT2D eigenvalue weighted by atomic mass is 32.2. The summed E-state index contributed by atoms with van der Waals surface area (Å²) in [4.78, 5) is 28.4. The molecule has 33 heavy (non-hydrogen) atoms. The van der Waals surface area contributed by atoms with E-state index in [-0.39, 0.29) is 29.4 Å². The number of nitrogens with zero attached hydrogens (tertiary/aromatic N) is 1. The van der Waals surface area contributed by atoms with Crippen LogP contribution in [0.4, 0.5) is 4.39 Å². The summed E-state index contributed by atoms with van der Waals surface area (Å²) in [5.74, 6) is 0.538. The summed E-state index contributed by atoms with van der Waals surface area (Å²) < 4.78 is 13.1. The number of hydrogen-bond donors (Lipinski definition) is 1. The summed E-state index contributed by atoms with van der Waals surface area (Å²) in [6, 6.07) is 14.1. The lowest BCUT2D eigenvalue weighted by atomic mass is 9.95. The van der Waals surface area contributed by atoms with E-state index in [1.54, 1.807) is 17.0 Å². The molecule has 0 spiro atoms. The van der Waals surface area contributed by atoms with Gasteiger partial charge in [-0.25, -0.2) is 4.39 Å². The van der Waals surface area contributed by atoms with E-state index < -0.39 is 6.04 Å². The molecule has 178 valence electrons. The van der Waals surface area contributed by atoms with E-state index in [9.17, 15) is 14.0 Å². The van der Waals surface area contributed by atoms with E-state index in [2.05, 4.69) is 5.32 Å². The minimum absolute atomic E-state index is 0.0454. The predicted molar refractivity (Wildman–Crippen MR) is 133 cm³/mol. The first kappa shape index (κ1) is 25.3. The zero-order valence-electron chi connectivity index (χ0n) is 19.7. The van der Waals surface area contributed by atoms with Crippen molar-refractivity contribution in [1.29, 1.82) is 0 Å². The number of carbonyl (C=O) groups excluding carboxylic acids is 2. The monoisotopic (exact) mass is 470 g/mol. The van der Waals surface area contributed by atoms with Gasteiger partial charge in [0.25, 0.3) is 0 Å². The van der Waals surface area contributed by atoms with Crippen LogP contribution in [0.1, 0.15) is 62.1 Å². The fraction of sp³-hybridized carbons (Fsp3) is 0.481. The Balaban J connectivity index is 1.70. The van der Waals surface area contributed by atoms with Gasteiger partial charge in [0, 0.05) is 18.3 Å². The third-order valence-corrected chi connectivity index (χ3v) is 7.34. The Kier molecular flexibility index (Phi) is 9.79. The van der Waals surface area contributed by atoms with Crippen molar-refractivity contribution in [1.82, 2.24) is 10.2 Å². The summed E-state index contributed by atoms with van der Waals surface area (Å²) in [6.07, 6.45) is 6.12. The minimum Gasteiger partial charge on any atom is -0.352 e. The number of carbonyl (C=O) groups is 2. The van der Waals surface area contributed by atoms with Crippen LogP contribution in [0.15, 0.2) is 48.5 Å². The van der Waals surface area contributed by atoms with Crippen LogP contribution in [0.2, 0.25) is 0 Å². The van der Waals surface area contributed by atoms with Crippen molar-refractivity contribution in [3.05, 3.63) is 71.0 Å². The molecular weight excluding hydrogens is 435 g/mol. The van der Waals surface area contributed by atoms with Gasteiger partial charge in [0.15, 0.2) is 0 Å². The van der Waals surface area contributed by atoms with Crippen LogP contribution in [0.3, 0.4) is 0 Å². The van der Waals surface area contributed by atoms with Gasteiger partial charge in [0.1, 0.15) is 11.9 Å². The number of halogens is 1. The SMILES string of the molecule is CCC(C(=O)NC1CCCCC1)N(Cc1ccccc1C)C(=O)CSCc1ccc(F)cc1. The number of aryl methyl sites for hydroxylation is 1. The summed E-state index contributed by atoms with van der Waals surface area (Å²) in [5, 5.41) is 3.22. The molecule has 1 atom stereocenters. The van der Waals surface area contributed by atoms with Crippen molar-refractivity contribution in [2.75, 3.05) is 5.75 Å². The molecule has 1 saturated carbocycles. The maximum Gasteiger partial charge on any atom is 0.243 e. The molecule has 0 aromatic heterocycles. The lowest BCUT2D eigenvalue weighted by molar-refractivity contribution is -0.139. The Labute approximate surface area is 201 Å². The zero-order chi connectivity index (χ0) is 23.6. The van der Waals surface area contributed by atoms with Crippen molar-refractivity contribution < 1.29 is 14.0 Å². The summed E-state index contributed by atoms with van der Waals surface area (Å²) in [7, 11) is 0. The number of rotatable bonds is 10. The molecule has 1 fully saturated rings. The molecule has 2 amide bonds. The van der Waals surface area contributed by atoms with Crippen LogP contribution in [0.5, 0.6) is 0 Å². The second kappa shape index (κ2) is 12.8. The molecule has 0 saturated heterocycles. The molecule has 1 unspecified atom stereocenters. The van der Waals surface area contributed by atoms with Gasteiger partial charge in [-0.15, -0.1) is 11.8 Å². The van der Waals surface area contributed by atoms with Crippen LogP contribution >= 0.6 is 11.8 Å². The lowest BCUT2D eigenvalue weighted by Crippen LogP contribution is -2.52. The third-order valence-electron chi connectivity index (χ3n) is 6.35. The van der Waals surface area contributed by atoms with Crippen molar-refractivity contribution in [2.45, 2.75) is 76.8 Å². The van der Waals surface area contributed by atoms with Gasteiger partial charge in [-0.1, -0.05) is 62.6 Å². The van der Waals surface area contributed by atoms with Gasteiger partial charge in [-0.05, 0) is 55.0 Å². The molecule has 0 radical (unpaired) electrons. The molecule has 4 nitrogen and oxygen atoms in total. The lowest BCUT2D eigenvalue weighted by Gasteiger charge is -2.33. The van der Waals surface area contributed by atoms with Gasteiger partial charge in [-0.2, -0.15) is 0 Å². The van der Waals surface area contributed by atoms with Crippen LogP contribution in [0, 0.1) is 12.7 Å². The van der Waals surface area contributed by atoms with Gasteiger partial charge < -0.3 is 10.2 Å². The molecule has 3 rings (SSSR count). The Morgan fingerprint density at radius 1 is 1.09 bits per heavy atom. The Bertz CT molecular complexity index is 913. The van der Waals surface area contributed by atoms with Crippen molar-refractivity contribution in [3.63, 3.8) is 0 Å². The van der Waals surface area contributed by atoms with Crippen LogP contribution in [-0.4, -0.2) is 34.6 Å². The summed E-state index contributed by atoms with van der Waals surface area (Å²) in [6.45, 7) is 4.42. The highest BCUT2D eigenvalue weighted by Gasteiger charge is 2.30. The van der Waals surface area contributed by atoms with E-state index >= 15 is 0 Å². The maximum absolute atomic E-state index is 13.4. The fourth-order valence-corrected chi connectivity index (χ4v) is 5.23. The molecule has 2 aromatic carbocycles. The van der Waals surface area contributed by atoms with Crippen LogP contribution in [0.25, 0.3) is 0 Å². The number of nitrogens with one attached hydrogen (secondary N) is 1. The highest BCUT2D eigenvalue weighted by molar-refractivity contribution is 7.99. The molecule has 1 N–H and O–H groups in total. The van der Waals surface area contributed by atoms with Crippen LogP contribution < -0.4 is 5.32 Å². The Morgan fingerprint density at radius 2 is 1.79 bits per heavy atom. The summed E-state index contributed by atoms with van der Waals surface area (Å²) in [5.41, 5.74) is 3.14. The average molecular weight is 471 g/mol. The second-order valence-electron chi connectivity index (χ2n) is 8.83. The first-order chi connectivity index (χ1) is 16.0. The quantitative estimate of drug-likeness (QED) is 0.490. The van der Waals surface area contributed by atoms with Gasteiger partial charge in [-0.3, -0.25) is 9.59 Å². The predicted octanol–water partition coefficient (Wildman–Crippen LogP) is 5.62. The van der Waals surface area contributed by atoms with Crippen LogP contribution in [-0.2, 0) is 21.9 Å². The van der Waals surface area contributed by atoms with Crippen molar-refractivity contribution >= 4 is 23.6 Å². The van der Waals surface area contributed by atoms with Crippen molar-refractivity contribution in [2.24, 2.45) is 0 Å². The van der Waals surface area contributed by atoms with E-state index in [1.165, 1.54) is 30.3 Å². The zero-order valence-corrected chi connectivity index (χ0v) is 20.5. The smallest absolute Gasteiger partial charge is 0.243 e. The Morgan fingerprint density at radius 3 is 2.45 bits per heavy atom. The van der Waals surface area contributed by atoms with Crippen molar-refractivity contribution in [3.8, 4) is 0 Å². The van der Waals surface area contributed by atoms with Gasteiger partial charge >= 0.3 is 0 Å². The minimum atomic E-state index is -0.495.